The zero-order valence-corrected chi connectivity index (χ0v) is 13.8. The largest absolute Gasteiger partial charge is 0.460 e. The molecule has 0 saturated carbocycles. The van der Waals surface area contributed by atoms with Crippen LogP contribution >= 0.6 is 0 Å². The zero-order valence-electron chi connectivity index (χ0n) is 13.8. The van der Waals surface area contributed by atoms with Gasteiger partial charge >= 0.3 is 5.97 Å². The van der Waals surface area contributed by atoms with Crippen molar-refractivity contribution in [3.05, 3.63) is 48.0 Å². The first-order valence-corrected chi connectivity index (χ1v) is 8.23. The van der Waals surface area contributed by atoms with Crippen molar-refractivity contribution in [1.82, 2.24) is 4.90 Å². The van der Waals surface area contributed by atoms with E-state index in [0.29, 0.717) is 18.4 Å². The monoisotopic (exact) mass is 327 g/mol. The van der Waals surface area contributed by atoms with Crippen LogP contribution in [0.2, 0.25) is 0 Å². The van der Waals surface area contributed by atoms with E-state index in [2.05, 4.69) is 0 Å². The number of esters is 1. The van der Waals surface area contributed by atoms with Crippen LogP contribution in [0.5, 0.6) is 0 Å². The predicted octanol–water partition coefficient (Wildman–Crippen LogP) is 2.37. The highest BCUT2D eigenvalue weighted by Crippen LogP contribution is 2.36. The molecule has 0 aromatic heterocycles. The van der Waals surface area contributed by atoms with E-state index in [9.17, 15) is 14.4 Å². The van der Waals surface area contributed by atoms with E-state index >= 15 is 0 Å². The summed E-state index contributed by atoms with van der Waals surface area (Å²) in [4.78, 5) is 38.1. The molecule has 1 amide bonds. The Hall–Kier alpha value is -2.43. The van der Waals surface area contributed by atoms with E-state index in [1.807, 2.05) is 31.2 Å². The molecule has 1 aliphatic carbocycles. The molecule has 1 fully saturated rings. The summed E-state index contributed by atoms with van der Waals surface area (Å²) in [5, 5.41) is 0. The number of ether oxygens (including phenoxy) is 1. The summed E-state index contributed by atoms with van der Waals surface area (Å²) in [7, 11) is 0. The molecule has 0 unspecified atom stereocenters. The van der Waals surface area contributed by atoms with Crippen LogP contribution in [0.1, 0.15) is 37.0 Å². The Morgan fingerprint density at radius 3 is 2.58 bits per heavy atom. The van der Waals surface area contributed by atoms with Gasteiger partial charge in [-0.05, 0) is 31.6 Å². The minimum atomic E-state index is -0.366. The van der Waals surface area contributed by atoms with Gasteiger partial charge in [0, 0.05) is 30.9 Å². The molecule has 0 radical (unpaired) electrons. The van der Waals surface area contributed by atoms with E-state index in [4.69, 9.17) is 4.74 Å². The standard InChI is InChI=1S/C19H21NO4/c1-12-18(24-13(2)21)10-15-8-9-16(22)11-17(15)20(12)19(23)14-6-4-3-5-7-14/h3-9,12,15,17-18H,10-11H2,1-2H3/t12-,15+,17+,18-/m1/s1. The zero-order chi connectivity index (χ0) is 17.3. The third-order valence-corrected chi connectivity index (χ3v) is 4.85. The Morgan fingerprint density at radius 2 is 1.92 bits per heavy atom. The van der Waals surface area contributed by atoms with Crippen molar-refractivity contribution in [1.29, 1.82) is 0 Å². The molecule has 1 aromatic carbocycles. The van der Waals surface area contributed by atoms with E-state index in [1.165, 1.54) is 6.92 Å². The maximum atomic E-state index is 13.1. The fourth-order valence-corrected chi connectivity index (χ4v) is 3.70. The summed E-state index contributed by atoms with van der Waals surface area (Å²) < 4.78 is 5.44. The maximum absolute atomic E-state index is 13.1. The second-order valence-electron chi connectivity index (χ2n) is 6.46. The summed E-state index contributed by atoms with van der Waals surface area (Å²) in [6.45, 7) is 3.26. The summed E-state index contributed by atoms with van der Waals surface area (Å²) in [5.41, 5.74) is 0.577. The van der Waals surface area contributed by atoms with Gasteiger partial charge in [-0.3, -0.25) is 14.4 Å². The van der Waals surface area contributed by atoms with Crippen LogP contribution in [0, 0.1) is 5.92 Å². The Morgan fingerprint density at radius 1 is 1.21 bits per heavy atom. The lowest BCUT2D eigenvalue weighted by atomic mass is 9.78. The summed E-state index contributed by atoms with van der Waals surface area (Å²) in [6, 6.07) is 8.55. The van der Waals surface area contributed by atoms with Crippen molar-refractivity contribution in [2.24, 2.45) is 5.92 Å². The fourth-order valence-electron chi connectivity index (χ4n) is 3.70. The van der Waals surface area contributed by atoms with Crippen molar-refractivity contribution >= 4 is 17.7 Å². The van der Waals surface area contributed by atoms with Gasteiger partial charge in [0.15, 0.2) is 5.78 Å². The van der Waals surface area contributed by atoms with Gasteiger partial charge in [-0.25, -0.2) is 0 Å². The smallest absolute Gasteiger partial charge is 0.302 e. The number of fused-ring (bicyclic) bond motifs is 1. The first-order valence-electron chi connectivity index (χ1n) is 8.23. The lowest BCUT2D eigenvalue weighted by Gasteiger charge is -2.48. The number of hydrogen-bond acceptors (Lipinski definition) is 4. The molecule has 24 heavy (non-hydrogen) atoms. The molecular formula is C19H21NO4. The molecule has 1 aromatic rings. The molecule has 0 spiro atoms. The van der Waals surface area contributed by atoms with Crippen molar-refractivity contribution in [3.63, 3.8) is 0 Å². The van der Waals surface area contributed by atoms with Crippen LogP contribution in [0.25, 0.3) is 0 Å². The minimum Gasteiger partial charge on any atom is -0.460 e. The molecule has 2 aliphatic rings. The van der Waals surface area contributed by atoms with Gasteiger partial charge in [0.2, 0.25) is 0 Å². The van der Waals surface area contributed by atoms with Gasteiger partial charge in [0.25, 0.3) is 5.91 Å². The number of amides is 1. The Bertz CT molecular complexity index is 682. The van der Waals surface area contributed by atoms with Gasteiger partial charge in [0.05, 0.1) is 6.04 Å². The number of allylic oxidation sites excluding steroid dienone is 1. The average molecular weight is 327 g/mol. The highest BCUT2D eigenvalue weighted by atomic mass is 16.5. The molecule has 0 bridgehead atoms. The van der Waals surface area contributed by atoms with E-state index in [-0.39, 0.29) is 41.8 Å². The molecule has 1 heterocycles. The summed E-state index contributed by atoms with van der Waals surface area (Å²) >= 11 is 0. The second-order valence-corrected chi connectivity index (χ2v) is 6.46. The van der Waals surface area contributed by atoms with Crippen LogP contribution < -0.4 is 0 Å². The molecule has 1 saturated heterocycles. The molecule has 3 rings (SSSR count). The number of carbonyl (C=O) groups excluding carboxylic acids is 3. The maximum Gasteiger partial charge on any atom is 0.302 e. The lowest BCUT2D eigenvalue weighted by molar-refractivity contribution is -0.154. The normalized spacial score (nSPS) is 29.1. The number of benzene rings is 1. The number of rotatable bonds is 2. The fraction of sp³-hybridized carbons (Fsp3) is 0.421. The Kier molecular flexibility index (Phi) is 4.51. The lowest BCUT2D eigenvalue weighted by Crippen LogP contribution is -2.60. The first kappa shape index (κ1) is 16.4. The molecule has 1 aliphatic heterocycles. The highest BCUT2D eigenvalue weighted by Gasteiger charge is 2.45. The highest BCUT2D eigenvalue weighted by molar-refractivity contribution is 5.96. The van der Waals surface area contributed by atoms with Gasteiger partial charge in [0.1, 0.15) is 6.10 Å². The van der Waals surface area contributed by atoms with Crippen LogP contribution in [0.3, 0.4) is 0 Å². The van der Waals surface area contributed by atoms with E-state index in [0.717, 1.165) is 0 Å². The molecular weight excluding hydrogens is 306 g/mol. The Labute approximate surface area is 141 Å². The molecule has 5 heteroatoms. The van der Waals surface area contributed by atoms with Crippen molar-refractivity contribution in [2.75, 3.05) is 0 Å². The number of hydrogen-bond donors (Lipinski definition) is 0. The van der Waals surface area contributed by atoms with Crippen LogP contribution in [-0.2, 0) is 14.3 Å². The number of nitrogens with zero attached hydrogens (tertiary/aromatic N) is 1. The third kappa shape index (κ3) is 3.11. The predicted molar refractivity (Wildman–Crippen MR) is 88.3 cm³/mol. The second kappa shape index (κ2) is 6.59. The van der Waals surface area contributed by atoms with Crippen LogP contribution in [-0.4, -0.2) is 40.7 Å². The van der Waals surface area contributed by atoms with Gasteiger partial charge < -0.3 is 9.64 Å². The average Bonchev–Trinajstić information content (AvgIpc) is 2.56. The SMILES string of the molecule is CC(=O)O[C@@H]1C[C@@H]2C=CC(=O)C[C@@H]2N(C(=O)c2ccccc2)[C@@H]1C. The number of ketones is 1. The minimum absolute atomic E-state index is 0.0240. The third-order valence-electron chi connectivity index (χ3n) is 4.85. The number of piperidine rings is 1. The number of carbonyl (C=O) groups is 3. The van der Waals surface area contributed by atoms with Gasteiger partial charge in [-0.1, -0.05) is 24.3 Å². The molecule has 0 N–H and O–H groups in total. The van der Waals surface area contributed by atoms with E-state index in [1.54, 1.807) is 23.1 Å². The van der Waals surface area contributed by atoms with Crippen molar-refractivity contribution in [3.8, 4) is 0 Å². The summed E-state index contributed by atoms with van der Waals surface area (Å²) in [5.74, 6) is -0.428. The van der Waals surface area contributed by atoms with Crippen molar-refractivity contribution in [2.45, 2.75) is 44.9 Å². The van der Waals surface area contributed by atoms with Crippen LogP contribution in [0.15, 0.2) is 42.5 Å². The topological polar surface area (TPSA) is 63.7 Å². The van der Waals surface area contributed by atoms with E-state index < -0.39 is 0 Å². The molecule has 126 valence electrons. The van der Waals surface area contributed by atoms with Crippen LogP contribution in [0.4, 0.5) is 0 Å². The Balaban J connectivity index is 1.95. The van der Waals surface area contributed by atoms with Gasteiger partial charge in [-0.15, -0.1) is 0 Å². The number of likely N-dealkylation sites (tertiary alicyclic amines) is 1. The molecule has 4 atom stereocenters. The quantitative estimate of drug-likeness (QED) is 0.782. The first-order chi connectivity index (χ1) is 11.5. The molecule has 5 nitrogen and oxygen atoms in total. The summed E-state index contributed by atoms with van der Waals surface area (Å²) in [6.07, 6.45) is 4.01. The van der Waals surface area contributed by atoms with Gasteiger partial charge in [-0.2, -0.15) is 0 Å². The van der Waals surface area contributed by atoms with Crippen molar-refractivity contribution < 1.29 is 19.1 Å².